The summed E-state index contributed by atoms with van der Waals surface area (Å²) >= 11 is 1.49. The molecule has 8 heteroatoms. The predicted octanol–water partition coefficient (Wildman–Crippen LogP) is 3.79. The van der Waals surface area contributed by atoms with Crippen molar-refractivity contribution in [1.82, 2.24) is 19.7 Å². The molecule has 0 aliphatic heterocycles. The van der Waals surface area contributed by atoms with E-state index in [9.17, 15) is 4.79 Å². The van der Waals surface area contributed by atoms with Gasteiger partial charge in [-0.3, -0.25) is 9.36 Å². The van der Waals surface area contributed by atoms with Gasteiger partial charge in [-0.1, -0.05) is 18.2 Å². The molecule has 1 amide bonds. The highest BCUT2D eigenvalue weighted by Crippen LogP contribution is 2.20. The highest BCUT2D eigenvalue weighted by molar-refractivity contribution is 7.99. The summed E-state index contributed by atoms with van der Waals surface area (Å²) in [5.74, 6) is 1.47. The average Bonchev–Trinajstić information content (AvgIpc) is 3.42. The molecule has 2 aromatic carbocycles. The number of benzene rings is 2. The normalized spacial score (nSPS) is 10.7. The van der Waals surface area contributed by atoms with Crippen LogP contribution in [0.3, 0.4) is 0 Å². The Hall–Kier alpha value is -3.39. The van der Waals surface area contributed by atoms with E-state index >= 15 is 0 Å². The molecule has 140 valence electrons. The van der Waals surface area contributed by atoms with E-state index in [2.05, 4.69) is 20.5 Å². The lowest BCUT2D eigenvalue weighted by atomic mass is 10.2. The Balaban J connectivity index is 1.25. The highest BCUT2D eigenvalue weighted by atomic mass is 32.2. The molecule has 28 heavy (non-hydrogen) atoms. The maximum Gasteiger partial charge on any atom is 0.234 e. The second-order valence-corrected chi connectivity index (χ2v) is 6.95. The smallest absolute Gasteiger partial charge is 0.234 e. The van der Waals surface area contributed by atoms with E-state index in [4.69, 9.17) is 4.42 Å². The fourth-order valence-electron chi connectivity index (χ4n) is 2.58. The highest BCUT2D eigenvalue weighted by Gasteiger charge is 2.08. The second kappa shape index (κ2) is 8.53. The van der Waals surface area contributed by atoms with Crippen LogP contribution in [-0.4, -0.2) is 31.4 Å². The lowest BCUT2D eigenvalue weighted by Gasteiger charge is -2.06. The molecule has 0 aliphatic carbocycles. The number of carbonyl (C=O) groups excluding carboxylic acids is 1. The van der Waals surface area contributed by atoms with E-state index in [0.29, 0.717) is 17.4 Å². The summed E-state index contributed by atoms with van der Waals surface area (Å²) in [6.45, 7) is 0. The molecular formula is C20H17N5O2S. The van der Waals surface area contributed by atoms with Gasteiger partial charge < -0.3 is 9.73 Å². The summed E-state index contributed by atoms with van der Waals surface area (Å²) in [5.41, 5.74) is 3.43. The fourth-order valence-corrected chi connectivity index (χ4v) is 3.28. The number of hydrogen-bond acceptors (Lipinski definition) is 6. The Morgan fingerprint density at radius 1 is 1.04 bits per heavy atom. The predicted molar refractivity (Wildman–Crippen MR) is 108 cm³/mol. The number of thioether (sulfide) groups is 1. The maximum absolute atomic E-state index is 12.1. The van der Waals surface area contributed by atoms with Crippen molar-refractivity contribution in [3.8, 4) is 17.1 Å². The van der Waals surface area contributed by atoms with Gasteiger partial charge in [-0.15, -0.1) is 22.0 Å². The van der Waals surface area contributed by atoms with Gasteiger partial charge in [0, 0.05) is 22.7 Å². The third-order valence-electron chi connectivity index (χ3n) is 3.92. The zero-order valence-electron chi connectivity index (χ0n) is 14.9. The fraction of sp³-hybridized carbons (Fsp3) is 0.100. The van der Waals surface area contributed by atoms with Gasteiger partial charge in [0.05, 0.1) is 11.4 Å². The first-order valence-corrected chi connectivity index (χ1v) is 9.76. The van der Waals surface area contributed by atoms with Crippen LogP contribution in [0, 0.1) is 0 Å². The van der Waals surface area contributed by atoms with Crippen molar-refractivity contribution in [2.45, 2.75) is 5.75 Å². The molecule has 7 nitrogen and oxygen atoms in total. The Bertz CT molecular complexity index is 1030. The first-order chi connectivity index (χ1) is 13.8. The zero-order valence-corrected chi connectivity index (χ0v) is 15.7. The molecule has 0 fully saturated rings. The van der Waals surface area contributed by atoms with Crippen LogP contribution >= 0.6 is 11.8 Å². The van der Waals surface area contributed by atoms with Crippen LogP contribution in [0.2, 0.25) is 0 Å². The van der Waals surface area contributed by atoms with Gasteiger partial charge >= 0.3 is 0 Å². The number of nitrogens with zero attached hydrogens (tertiary/aromatic N) is 4. The number of nitrogens with one attached hydrogen (secondary N) is 1. The Morgan fingerprint density at radius 3 is 2.54 bits per heavy atom. The van der Waals surface area contributed by atoms with Crippen LogP contribution in [0.4, 0.5) is 5.69 Å². The second-order valence-electron chi connectivity index (χ2n) is 5.97. The monoisotopic (exact) mass is 391 g/mol. The number of amides is 1. The third kappa shape index (κ3) is 4.47. The minimum absolute atomic E-state index is 0.0613. The maximum atomic E-state index is 12.1. The topological polar surface area (TPSA) is 85.8 Å². The zero-order chi connectivity index (χ0) is 19.2. The van der Waals surface area contributed by atoms with Gasteiger partial charge in [0.15, 0.2) is 0 Å². The summed E-state index contributed by atoms with van der Waals surface area (Å²) in [7, 11) is 0. The van der Waals surface area contributed by atoms with Crippen molar-refractivity contribution in [2.24, 2.45) is 0 Å². The molecule has 0 saturated heterocycles. The Kier molecular flexibility index (Phi) is 5.48. The van der Waals surface area contributed by atoms with Crippen LogP contribution in [0.5, 0.6) is 0 Å². The number of aromatic nitrogens is 4. The molecular weight excluding hydrogens is 374 g/mol. The van der Waals surface area contributed by atoms with E-state index < -0.39 is 0 Å². The molecule has 0 aliphatic rings. The quantitative estimate of drug-likeness (QED) is 0.516. The summed E-state index contributed by atoms with van der Waals surface area (Å²) in [5, 5.41) is 10.4. The molecule has 4 aromatic rings. The molecule has 1 N–H and O–H groups in total. The molecule has 0 bridgehead atoms. The first kappa shape index (κ1) is 18.0. The molecule has 2 aromatic heterocycles. The first-order valence-electron chi connectivity index (χ1n) is 8.60. The van der Waals surface area contributed by atoms with Crippen LogP contribution < -0.4 is 5.32 Å². The summed E-state index contributed by atoms with van der Waals surface area (Å²) in [6, 6.07) is 17.2. The SMILES string of the molecule is O=C(CSCc1coc(-c2ccccc2)n1)Nc1ccc(-n2cnnc2)cc1. The van der Waals surface area contributed by atoms with Gasteiger partial charge in [0.1, 0.15) is 18.9 Å². The van der Waals surface area contributed by atoms with E-state index in [1.807, 2.05) is 54.6 Å². The van der Waals surface area contributed by atoms with Gasteiger partial charge in [-0.05, 0) is 36.4 Å². The van der Waals surface area contributed by atoms with Crippen molar-refractivity contribution in [3.05, 3.63) is 79.2 Å². The number of hydrogen-bond donors (Lipinski definition) is 1. The standard InChI is InChI=1S/C20H17N5O2S/c26-19(23-16-6-8-18(9-7-16)25-13-21-22-14-25)12-28-11-17-10-27-20(24-17)15-4-2-1-3-5-15/h1-10,13-14H,11-12H2,(H,23,26). The average molecular weight is 391 g/mol. The lowest BCUT2D eigenvalue weighted by molar-refractivity contribution is -0.113. The number of rotatable bonds is 7. The van der Waals surface area contributed by atoms with E-state index in [1.165, 1.54) is 11.8 Å². The van der Waals surface area contributed by atoms with Crippen LogP contribution in [0.1, 0.15) is 5.69 Å². The molecule has 4 rings (SSSR count). The summed E-state index contributed by atoms with van der Waals surface area (Å²) in [6.07, 6.45) is 4.88. The van der Waals surface area contributed by atoms with E-state index in [0.717, 1.165) is 22.6 Å². The van der Waals surface area contributed by atoms with Crippen molar-refractivity contribution in [2.75, 3.05) is 11.1 Å². The largest absolute Gasteiger partial charge is 0.444 e. The molecule has 0 saturated carbocycles. The number of oxazole rings is 1. The Labute approximate surface area is 165 Å². The summed E-state index contributed by atoms with van der Waals surface area (Å²) < 4.78 is 7.30. The van der Waals surface area contributed by atoms with Crippen molar-refractivity contribution >= 4 is 23.4 Å². The van der Waals surface area contributed by atoms with E-state index in [1.54, 1.807) is 23.5 Å². The van der Waals surface area contributed by atoms with Crippen LogP contribution in [-0.2, 0) is 10.5 Å². The molecule has 0 spiro atoms. The van der Waals surface area contributed by atoms with Gasteiger partial charge in [-0.25, -0.2) is 4.98 Å². The van der Waals surface area contributed by atoms with Gasteiger partial charge in [0.25, 0.3) is 0 Å². The number of anilines is 1. The molecule has 0 unspecified atom stereocenters. The molecule has 0 atom stereocenters. The van der Waals surface area contributed by atoms with Gasteiger partial charge in [-0.2, -0.15) is 0 Å². The summed E-state index contributed by atoms with van der Waals surface area (Å²) in [4.78, 5) is 16.6. The third-order valence-corrected chi connectivity index (χ3v) is 4.89. The van der Waals surface area contributed by atoms with Crippen molar-refractivity contribution < 1.29 is 9.21 Å². The number of carbonyl (C=O) groups is 1. The van der Waals surface area contributed by atoms with Gasteiger partial charge in [0.2, 0.25) is 11.8 Å². The molecule has 0 radical (unpaired) electrons. The van der Waals surface area contributed by atoms with Crippen LogP contribution in [0.25, 0.3) is 17.1 Å². The van der Waals surface area contributed by atoms with Crippen molar-refractivity contribution in [1.29, 1.82) is 0 Å². The minimum Gasteiger partial charge on any atom is -0.444 e. The van der Waals surface area contributed by atoms with E-state index in [-0.39, 0.29) is 5.91 Å². The Morgan fingerprint density at radius 2 is 1.79 bits per heavy atom. The van der Waals surface area contributed by atoms with Crippen LogP contribution in [0.15, 0.2) is 77.9 Å². The lowest BCUT2D eigenvalue weighted by Crippen LogP contribution is -2.14. The molecule has 2 heterocycles. The van der Waals surface area contributed by atoms with Crippen molar-refractivity contribution in [3.63, 3.8) is 0 Å². The minimum atomic E-state index is -0.0613.